The second-order valence-electron chi connectivity index (χ2n) is 6.30. The van der Waals surface area contributed by atoms with Gasteiger partial charge in [-0.2, -0.15) is 5.26 Å². The SMILES string of the molecule is CC(=O)OCC1OC(Sc2cc(Cl)c(C#N)cn2)C(OC(C)=O)C(N)C1OC(C)=O. The average Bonchev–Trinajstić information content (AvgIpc) is 2.65. The lowest BCUT2D eigenvalue weighted by Crippen LogP contribution is -2.63. The smallest absolute Gasteiger partial charge is 0.303 e. The van der Waals surface area contributed by atoms with E-state index in [1.807, 2.05) is 6.07 Å². The van der Waals surface area contributed by atoms with Gasteiger partial charge < -0.3 is 24.7 Å². The molecule has 1 aliphatic heterocycles. The Kier molecular flexibility index (Phi) is 8.43. The molecule has 5 unspecified atom stereocenters. The second-order valence-corrected chi connectivity index (χ2v) is 7.83. The second kappa shape index (κ2) is 10.6. The van der Waals surface area contributed by atoms with Crippen molar-refractivity contribution in [2.75, 3.05) is 6.61 Å². The molecule has 2 rings (SSSR count). The molecule has 1 saturated heterocycles. The average molecular weight is 458 g/mol. The zero-order valence-corrected chi connectivity index (χ0v) is 17.9. The number of nitrogens with two attached hydrogens (primary N) is 1. The van der Waals surface area contributed by atoms with Gasteiger partial charge >= 0.3 is 17.9 Å². The third kappa shape index (κ3) is 6.30. The first-order valence-electron chi connectivity index (χ1n) is 8.73. The predicted octanol–water partition coefficient (Wildman–Crippen LogP) is 1.18. The van der Waals surface area contributed by atoms with Gasteiger partial charge in [-0.25, -0.2) is 4.98 Å². The van der Waals surface area contributed by atoms with Gasteiger partial charge in [0.15, 0.2) is 6.10 Å². The van der Waals surface area contributed by atoms with Crippen molar-refractivity contribution in [2.45, 2.75) is 55.6 Å². The van der Waals surface area contributed by atoms with Crippen LogP contribution in [0.15, 0.2) is 17.3 Å². The number of hydrogen-bond acceptors (Lipinski definition) is 11. The summed E-state index contributed by atoms with van der Waals surface area (Å²) in [7, 11) is 0. The van der Waals surface area contributed by atoms with Crippen molar-refractivity contribution in [3.05, 3.63) is 22.8 Å². The van der Waals surface area contributed by atoms with E-state index in [2.05, 4.69) is 4.98 Å². The summed E-state index contributed by atoms with van der Waals surface area (Å²) in [5.74, 6) is -1.80. The number of esters is 3. The summed E-state index contributed by atoms with van der Waals surface area (Å²) in [6.45, 7) is 3.39. The third-order valence-corrected chi connectivity index (χ3v) is 5.33. The zero-order chi connectivity index (χ0) is 22.4. The molecule has 162 valence electrons. The molecule has 10 nitrogen and oxygen atoms in total. The lowest BCUT2D eigenvalue weighted by molar-refractivity contribution is -0.201. The normalized spacial score (nSPS) is 25.7. The number of thioether (sulfide) groups is 1. The van der Waals surface area contributed by atoms with Gasteiger partial charge in [-0.3, -0.25) is 14.4 Å². The molecule has 0 radical (unpaired) electrons. The van der Waals surface area contributed by atoms with Crippen LogP contribution in [0.1, 0.15) is 26.3 Å². The number of aromatic nitrogens is 1. The number of carbonyl (C=O) groups excluding carboxylic acids is 3. The van der Waals surface area contributed by atoms with Crippen molar-refractivity contribution in [1.82, 2.24) is 4.98 Å². The third-order valence-electron chi connectivity index (χ3n) is 3.94. The number of nitrogens with zero attached hydrogens (tertiary/aromatic N) is 2. The molecule has 0 amide bonds. The highest BCUT2D eigenvalue weighted by atomic mass is 35.5. The molecule has 0 aromatic carbocycles. The van der Waals surface area contributed by atoms with E-state index >= 15 is 0 Å². The van der Waals surface area contributed by atoms with E-state index in [0.29, 0.717) is 5.03 Å². The molecule has 5 atom stereocenters. The highest BCUT2D eigenvalue weighted by molar-refractivity contribution is 7.99. The van der Waals surface area contributed by atoms with Crippen molar-refractivity contribution < 1.29 is 33.3 Å². The summed E-state index contributed by atoms with van der Waals surface area (Å²) in [6.07, 6.45) is -1.65. The van der Waals surface area contributed by atoms with Gasteiger partial charge in [0, 0.05) is 27.0 Å². The van der Waals surface area contributed by atoms with Crippen LogP contribution in [-0.2, 0) is 33.3 Å². The number of nitriles is 1. The molecule has 1 aliphatic rings. The Labute approximate surface area is 181 Å². The van der Waals surface area contributed by atoms with Gasteiger partial charge in [-0.05, 0) is 6.07 Å². The highest BCUT2D eigenvalue weighted by Crippen LogP contribution is 2.35. The standard InChI is InChI=1S/C18H20ClN3O7S/c1-8(23)26-7-13-16(27-9(2)24)15(21)17(28-10(3)25)18(29-13)30-14-4-12(19)11(5-20)6-22-14/h4,6,13,15-18H,7,21H2,1-3H3. The van der Waals surface area contributed by atoms with Crippen LogP contribution in [0, 0.1) is 11.3 Å². The molecule has 1 aromatic heterocycles. The summed E-state index contributed by atoms with van der Waals surface area (Å²) in [5.41, 5.74) is 5.57. The van der Waals surface area contributed by atoms with Crippen molar-refractivity contribution in [1.29, 1.82) is 5.26 Å². The van der Waals surface area contributed by atoms with Crippen LogP contribution in [0.2, 0.25) is 5.02 Å². The van der Waals surface area contributed by atoms with E-state index in [0.717, 1.165) is 11.8 Å². The van der Waals surface area contributed by atoms with E-state index < -0.39 is 47.7 Å². The summed E-state index contributed by atoms with van der Waals surface area (Å²) in [6, 6.07) is 2.39. The first kappa shape index (κ1) is 23.9. The minimum atomic E-state index is -1.03. The molecule has 0 saturated carbocycles. The first-order valence-corrected chi connectivity index (χ1v) is 9.99. The minimum Gasteiger partial charge on any atom is -0.463 e. The van der Waals surface area contributed by atoms with Crippen LogP contribution < -0.4 is 5.73 Å². The van der Waals surface area contributed by atoms with Crippen LogP contribution in [0.5, 0.6) is 0 Å². The van der Waals surface area contributed by atoms with E-state index in [-0.39, 0.29) is 17.2 Å². The highest BCUT2D eigenvalue weighted by Gasteiger charge is 2.48. The Morgan fingerprint density at radius 2 is 1.87 bits per heavy atom. The number of pyridine rings is 1. The predicted molar refractivity (Wildman–Crippen MR) is 104 cm³/mol. The van der Waals surface area contributed by atoms with Crippen LogP contribution in [0.3, 0.4) is 0 Å². The fraction of sp³-hybridized carbons (Fsp3) is 0.500. The van der Waals surface area contributed by atoms with Gasteiger partial charge in [-0.15, -0.1) is 0 Å². The van der Waals surface area contributed by atoms with Crippen molar-refractivity contribution in [2.24, 2.45) is 5.73 Å². The molecular weight excluding hydrogens is 438 g/mol. The number of ether oxygens (including phenoxy) is 4. The Hall–Kier alpha value is -2.39. The van der Waals surface area contributed by atoms with E-state index in [4.69, 9.17) is 41.5 Å². The summed E-state index contributed by atoms with van der Waals surface area (Å²) in [4.78, 5) is 38.5. The van der Waals surface area contributed by atoms with E-state index in [1.165, 1.54) is 33.0 Å². The number of rotatable bonds is 6. The maximum absolute atomic E-state index is 11.6. The Balaban J connectivity index is 2.33. The number of hydrogen-bond donors (Lipinski definition) is 1. The zero-order valence-electron chi connectivity index (χ0n) is 16.4. The number of carbonyl (C=O) groups is 3. The van der Waals surface area contributed by atoms with E-state index in [1.54, 1.807) is 0 Å². The summed E-state index contributed by atoms with van der Waals surface area (Å²) >= 11 is 7.09. The largest absolute Gasteiger partial charge is 0.463 e. The quantitative estimate of drug-likeness (QED) is 0.484. The molecule has 1 fully saturated rings. The lowest BCUT2D eigenvalue weighted by Gasteiger charge is -2.43. The Morgan fingerprint density at radius 3 is 2.40 bits per heavy atom. The minimum absolute atomic E-state index is 0.188. The van der Waals surface area contributed by atoms with Crippen LogP contribution in [0.4, 0.5) is 0 Å². The first-order chi connectivity index (χ1) is 14.1. The maximum atomic E-state index is 11.6. The van der Waals surface area contributed by atoms with Crippen LogP contribution in [0.25, 0.3) is 0 Å². The van der Waals surface area contributed by atoms with Crippen LogP contribution >= 0.6 is 23.4 Å². The molecule has 0 spiro atoms. The monoisotopic (exact) mass is 457 g/mol. The molecule has 0 bridgehead atoms. The Morgan fingerprint density at radius 1 is 1.23 bits per heavy atom. The molecule has 2 N–H and O–H groups in total. The van der Waals surface area contributed by atoms with Crippen molar-refractivity contribution >= 4 is 41.3 Å². The maximum Gasteiger partial charge on any atom is 0.303 e. The molecule has 2 heterocycles. The van der Waals surface area contributed by atoms with Gasteiger partial charge in [0.2, 0.25) is 0 Å². The molecule has 30 heavy (non-hydrogen) atoms. The molecule has 0 aliphatic carbocycles. The fourth-order valence-corrected chi connectivity index (χ4v) is 4.09. The van der Waals surface area contributed by atoms with Gasteiger partial charge in [-0.1, -0.05) is 23.4 Å². The van der Waals surface area contributed by atoms with Gasteiger partial charge in [0.25, 0.3) is 0 Å². The van der Waals surface area contributed by atoms with Crippen molar-refractivity contribution in [3.63, 3.8) is 0 Å². The molecule has 1 aromatic rings. The Bertz CT molecular complexity index is 861. The van der Waals surface area contributed by atoms with Gasteiger partial charge in [0.1, 0.15) is 35.3 Å². The number of halogens is 1. The van der Waals surface area contributed by atoms with Crippen molar-refractivity contribution in [3.8, 4) is 6.07 Å². The summed E-state index contributed by atoms with van der Waals surface area (Å²) in [5, 5.41) is 9.55. The van der Waals surface area contributed by atoms with Crippen LogP contribution in [-0.4, -0.2) is 59.3 Å². The lowest BCUT2D eigenvalue weighted by atomic mass is 9.97. The molecule has 12 heteroatoms. The topological polar surface area (TPSA) is 151 Å². The molecular formula is C18H20ClN3O7S. The summed E-state index contributed by atoms with van der Waals surface area (Å²) < 4.78 is 21.5. The van der Waals surface area contributed by atoms with E-state index in [9.17, 15) is 14.4 Å². The fourth-order valence-electron chi connectivity index (χ4n) is 2.72. The van der Waals surface area contributed by atoms with Gasteiger partial charge in [0.05, 0.1) is 16.6 Å².